The summed E-state index contributed by atoms with van der Waals surface area (Å²) >= 11 is 0. The largest absolute Gasteiger partial charge is 0.357 e. The molecular weight excluding hydrogens is 556 g/mol. The zero-order valence-electron chi connectivity index (χ0n) is 25.1. The molecule has 2 saturated heterocycles. The number of hydrogen-bond donors (Lipinski definition) is 3. The van der Waals surface area contributed by atoms with Crippen LogP contribution in [0.15, 0.2) is 85.2 Å². The molecule has 44 heavy (non-hydrogen) atoms. The molecule has 0 saturated carbocycles. The van der Waals surface area contributed by atoms with E-state index in [1.165, 1.54) is 0 Å². The van der Waals surface area contributed by atoms with Crippen molar-refractivity contribution in [2.75, 3.05) is 20.1 Å². The van der Waals surface area contributed by atoms with Crippen molar-refractivity contribution in [3.05, 3.63) is 102 Å². The Morgan fingerprint density at radius 2 is 1.45 bits per heavy atom. The van der Waals surface area contributed by atoms with Gasteiger partial charge in [0.25, 0.3) is 0 Å². The predicted octanol–water partition coefficient (Wildman–Crippen LogP) is 1.97. The maximum Gasteiger partial charge on any atom is 0.246 e. The van der Waals surface area contributed by atoms with Gasteiger partial charge in [-0.15, -0.1) is 0 Å². The number of amides is 4. The summed E-state index contributed by atoms with van der Waals surface area (Å²) in [4.78, 5) is 62.1. The molecule has 2 unspecified atom stereocenters. The topological polar surface area (TPSA) is 138 Å². The number of likely N-dealkylation sites (tertiary alicyclic amines) is 2. The SMILES string of the molecule is CNC(=O)[C@@H]1C[C@H](c2ccccc2)CN1C(=O)[C@@H]1C[C@H](c2ccccc2)CN1C(=O)C(Cc1cccnc1)NC(=O)C(C)N. The number of aromatic nitrogens is 1. The Balaban J connectivity index is 1.47. The highest BCUT2D eigenvalue weighted by Gasteiger charge is 2.48. The summed E-state index contributed by atoms with van der Waals surface area (Å²) < 4.78 is 0. The van der Waals surface area contributed by atoms with Crippen LogP contribution in [0.25, 0.3) is 0 Å². The Morgan fingerprint density at radius 3 is 2.00 bits per heavy atom. The van der Waals surface area contributed by atoms with E-state index in [9.17, 15) is 19.2 Å². The first-order valence-corrected chi connectivity index (χ1v) is 15.1. The number of nitrogens with one attached hydrogen (secondary N) is 2. The van der Waals surface area contributed by atoms with Crippen molar-refractivity contribution < 1.29 is 19.2 Å². The van der Waals surface area contributed by atoms with E-state index in [1.54, 1.807) is 42.2 Å². The number of carbonyl (C=O) groups excluding carboxylic acids is 4. The molecule has 0 bridgehead atoms. The standard InChI is InChI=1S/C34H40N6O4/c1-22(35)31(41)38-28(16-23-10-9-15-37-19-23)33(43)40-21-27(25-13-7-4-8-14-25)18-30(40)34(44)39-20-26(17-29(39)32(42)36-2)24-11-5-3-6-12-24/h3-15,19,22,26-30H,16-18,20-21,35H2,1-2H3,(H,36,42)(H,38,41)/t22?,26-,27-,28?,29-,30-/m0/s1. The minimum absolute atomic E-state index is 0.0124. The van der Waals surface area contributed by atoms with Crippen molar-refractivity contribution in [1.82, 2.24) is 25.4 Å². The fraction of sp³-hybridized carbons (Fsp3) is 0.382. The first-order chi connectivity index (χ1) is 21.3. The third kappa shape index (κ3) is 6.81. The van der Waals surface area contributed by atoms with E-state index >= 15 is 0 Å². The van der Waals surface area contributed by atoms with Gasteiger partial charge >= 0.3 is 0 Å². The van der Waals surface area contributed by atoms with E-state index in [-0.39, 0.29) is 36.0 Å². The smallest absolute Gasteiger partial charge is 0.246 e. The fourth-order valence-electron chi connectivity index (χ4n) is 6.39. The van der Waals surface area contributed by atoms with Crippen molar-refractivity contribution in [1.29, 1.82) is 0 Å². The molecule has 3 aromatic rings. The molecular formula is C34H40N6O4. The first kappa shape index (κ1) is 30.9. The molecule has 230 valence electrons. The van der Waals surface area contributed by atoms with Gasteiger partial charge in [0.15, 0.2) is 0 Å². The third-order valence-corrected chi connectivity index (χ3v) is 8.74. The monoisotopic (exact) mass is 596 g/mol. The average Bonchev–Trinajstić information content (AvgIpc) is 3.71. The number of carbonyl (C=O) groups is 4. The lowest BCUT2D eigenvalue weighted by molar-refractivity contribution is -0.147. The Bertz CT molecular complexity index is 1450. The number of pyridine rings is 1. The molecule has 0 radical (unpaired) electrons. The second-order valence-corrected chi connectivity index (χ2v) is 11.7. The van der Waals surface area contributed by atoms with Crippen molar-refractivity contribution in [3.63, 3.8) is 0 Å². The summed E-state index contributed by atoms with van der Waals surface area (Å²) in [6.07, 6.45) is 4.38. The van der Waals surface area contributed by atoms with Crippen molar-refractivity contribution in [2.45, 2.75) is 62.2 Å². The van der Waals surface area contributed by atoms with Crippen LogP contribution in [0.1, 0.15) is 48.3 Å². The van der Waals surface area contributed by atoms with Gasteiger partial charge in [0.2, 0.25) is 23.6 Å². The van der Waals surface area contributed by atoms with Crippen LogP contribution in [-0.2, 0) is 25.6 Å². The summed E-state index contributed by atoms with van der Waals surface area (Å²) in [7, 11) is 1.57. The highest BCUT2D eigenvalue weighted by Crippen LogP contribution is 2.37. The van der Waals surface area contributed by atoms with Gasteiger partial charge in [0.05, 0.1) is 6.04 Å². The molecule has 0 aliphatic carbocycles. The molecule has 2 aromatic carbocycles. The second kappa shape index (κ2) is 13.8. The van der Waals surface area contributed by atoms with Crippen LogP contribution in [0, 0.1) is 0 Å². The van der Waals surface area contributed by atoms with Crippen LogP contribution in [0.5, 0.6) is 0 Å². The Labute approximate surface area is 258 Å². The van der Waals surface area contributed by atoms with E-state index in [0.717, 1.165) is 16.7 Å². The molecule has 4 amide bonds. The predicted molar refractivity (Wildman–Crippen MR) is 166 cm³/mol. The summed E-state index contributed by atoms with van der Waals surface area (Å²) in [5, 5.41) is 5.54. The van der Waals surface area contributed by atoms with E-state index < -0.39 is 30.1 Å². The summed E-state index contributed by atoms with van der Waals surface area (Å²) in [5.74, 6) is -1.42. The quantitative estimate of drug-likeness (QED) is 0.346. The molecule has 6 atom stereocenters. The molecule has 3 heterocycles. The van der Waals surface area contributed by atoms with Gasteiger partial charge in [-0.3, -0.25) is 24.2 Å². The lowest BCUT2D eigenvalue weighted by atomic mass is 9.96. The Morgan fingerprint density at radius 1 is 0.864 bits per heavy atom. The highest BCUT2D eigenvalue weighted by molar-refractivity contribution is 5.96. The molecule has 2 aliphatic heterocycles. The summed E-state index contributed by atoms with van der Waals surface area (Å²) in [6.45, 7) is 2.23. The Kier molecular flexibility index (Phi) is 9.69. The molecule has 2 aliphatic rings. The van der Waals surface area contributed by atoms with Gasteiger partial charge < -0.3 is 26.2 Å². The average molecular weight is 597 g/mol. The maximum absolute atomic E-state index is 14.5. The number of benzene rings is 2. The van der Waals surface area contributed by atoms with E-state index in [0.29, 0.717) is 25.9 Å². The van der Waals surface area contributed by atoms with E-state index in [1.807, 2.05) is 66.7 Å². The second-order valence-electron chi connectivity index (χ2n) is 11.7. The maximum atomic E-state index is 14.5. The lowest BCUT2D eigenvalue weighted by Crippen LogP contribution is -2.57. The van der Waals surface area contributed by atoms with Gasteiger partial charge in [0, 0.05) is 50.8 Å². The van der Waals surface area contributed by atoms with E-state index in [4.69, 9.17) is 5.73 Å². The number of likely N-dealkylation sites (N-methyl/N-ethyl adjacent to an activating group) is 1. The molecule has 4 N–H and O–H groups in total. The molecule has 10 heteroatoms. The van der Waals surface area contributed by atoms with Crippen LogP contribution >= 0.6 is 0 Å². The lowest BCUT2D eigenvalue weighted by Gasteiger charge is -2.33. The van der Waals surface area contributed by atoms with Gasteiger partial charge in [-0.05, 0) is 42.5 Å². The molecule has 2 fully saturated rings. The summed E-state index contributed by atoms with van der Waals surface area (Å²) in [5.41, 5.74) is 8.71. The van der Waals surface area contributed by atoms with Crippen LogP contribution < -0.4 is 16.4 Å². The van der Waals surface area contributed by atoms with Crippen molar-refractivity contribution in [2.24, 2.45) is 5.73 Å². The van der Waals surface area contributed by atoms with Crippen LogP contribution in [0.4, 0.5) is 0 Å². The molecule has 5 rings (SSSR count). The minimum atomic E-state index is -0.951. The van der Waals surface area contributed by atoms with E-state index in [2.05, 4.69) is 15.6 Å². The fourth-order valence-corrected chi connectivity index (χ4v) is 6.39. The van der Waals surface area contributed by atoms with Gasteiger partial charge in [-0.25, -0.2) is 0 Å². The zero-order valence-corrected chi connectivity index (χ0v) is 25.1. The first-order valence-electron chi connectivity index (χ1n) is 15.1. The molecule has 10 nitrogen and oxygen atoms in total. The molecule has 1 aromatic heterocycles. The summed E-state index contributed by atoms with van der Waals surface area (Å²) in [6, 6.07) is 20.1. The minimum Gasteiger partial charge on any atom is -0.357 e. The van der Waals surface area contributed by atoms with Crippen molar-refractivity contribution >= 4 is 23.6 Å². The van der Waals surface area contributed by atoms with Crippen LogP contribution in [0.2, 0.25) is 0 Å². The third-order valence-electron chi connectivity index (χ3n) is 8.74. The van der Waals surface area contributed by atoms with Crippen LogP contribution in [0.3, 0.4) is 0 Å². The highest BCUT2D eigenvalue weighted by atomic mass is 16.2. The number of rotatable bonds is 9. The number of nitrogens with zero attached hydrogens (tertiary/aromatic N) is 3. The molecule has 0 spiro atoms. The van der Waals surface area contributed by atoms with Crippen LogP contribution in [-0.4, -0.2) is 82.7 Å². The van der Waals surface area contributed by atoms with Crippen molar-refractivity contribution in [3.8, 4) is 0 Å². The normalized spacial score (nSPS) is 22.7. The zero-order chi connectivity index (χ0) is 31.2. The van der Waals surface area contributed by atoms with Gasteiger partial charge in [-0.1, -0.05) is 66.7 Å². The number of nitrogens with two attached hydrogens (primary N) is 1. The van der Waals surface area contributed by atoms with Gasteiger partial charge in [-0.2, -0.15) is 0 Å². The Hall–Kier alpha value is -4.57. The number of hydrogen-bond acceptors (Lipinski definition) is 6. The van der Waals surface area contributed by atoms with Gasteiger partial charge in [0.1, 0.15) is 18.1 Å².